The van der Waals surface area contributed by atoms with Gasteiger partial charge in [-0.15, -0.1) is 0 Å². The molecule has 0 amide bonds. The van der Waals surface area contributed by atoms with Crippen molar-refractivity contribution in [3.8, 4) is 22.8 Å². The van der Waals surface area contributed by atoms with Crippen LogP contribution in [0.25, 0.3) is 11.3 Å². The Morgan fingerprint density at radius 1 is 1.17 bits per heavy atom. The number of hydrogen-bond donors (Lipinski definition) is 1. The van der Waals surface area contributed by atoms with Gasteiger partial charge >= 0.3 is 0 Å². The first-order chi connectivity index (χ1) is 13.9. The van der Waals surface area contributed by atoms with Crippen LogP contribution in [0.2, 0.25) is 0 Å². The number of nitrogens with zero attached hydrogens (tertiary/aromatic N) is 1. The van der Waals surface area contributed by atoms with Crippen molar-refractivity contribution in [2.24, 2.45) is 11.8 Å². The summed E-state index contributed by atoms with van der Waals surface area (Å²) in [5.74, 6) is 1.29. The van der Waals surface area contributed by atoms with E-state index in [1.807, 2.05) is 31.2 Å². The molecule has 0 radical (unpaired) electrons. The van der Waals surface area contributed by atoms with Gasteiger partial charge in [-0.1, -0.05) is 0 Å². The summed E-state index contributed by atoms with van der Waals surface area (Å²) in [6.07, 6.45) is 3.87. The van der Waals surface area contributed by atoms with E-state index in [4.69, 9.17) is 9.47 Å². The van der Waals surface area contributed by atoms with Crippen molar-refractivity contribution in [2.45, 2.75) is 31.4 Å². The number of hydrogen-bond acceptors (Lipinski definition) is 6. The van der Waals surface area contributed by atoms with Gasteiger partial charge in [-0.2, -0.15) is 0 Å². The van der Waals surface area contributed by atoms with E-state index in [1.165, 1.54) is 6.20 Å². The Bertz CT molecular complexity index is 954. The van der Waals surface area contributed by atoms with Crippen molar-refractivity contribution in [1.82, 2.24) is 4.98 Å². The first-order valence-corrected chi connectivity index (χ1v) is 11.8. The number of pyridine rings is 1. The summed E-state index contributed by atoms with van der Waals surface area (Å²) in [5.41, 5.74) is 2.68. The number of aromatic nitrogens is 1. The Hall–Kier alpha value is -2.12. The van der Waals surface area contributed by atoms with E-state index in [9.17, 15) is 13.5 Å². The summed E-state index contributed by atoms with van der Waals surface area (Å²) >= 11 is 0. The minimum Gasteiger partial charge on any atom is -0.506 e. The van der Waals surface area contributed by atoms with Gasteiger partial charge in [0.05, 0.1) is 36.1 Å². The van der Waals surface area contributed by atoms with Gasteiger partial charge in [0, 0.05) is 24.0 Å². The Kier molecular flexibility index (Phi) is 5.79. The maximum absolute atomic E-state index is 12.4. The normalized spacial score (nSPS) is 22.4. The number of sulfone groups is 1. The van der Waals surface area contributed by atoms with E-state index >= 15 is 0 Å². The van der Waals surface area contributed by atoms with Crippen LogP contribution in [0.1, 0.15) is 24.8 Å². The van der Waals surface area contributed by atoms with Crippen molar-refractivity contribution in [3.63, 3.8) is 0 Å². The standard InChI is InChI=1S/C22H27NO5S/c1-15-10-19(24)11-23-22(15)16-2-4-20(5-3-16)28-13-17-8-9-27-12-18(17)14-29(25,26)21-6-7-21/h2-5,10-11,17-18,21,24H,6-9,12-14H2,1H3. The molecular formula is C22H27NO5S. The average molecular weight is 418 g/mol. The molecule has 0 spiro atoms. The first-order valence-electron chi connectivity index (χ1n) is 10.1. The summed E-state index contributed by atoms with van der Waals surface area (Å²) in [6, 6.07) is 9.38. The maximum Gasteiger partial charge on any atom is 0.153 e. The quantitative estimate of drug-likeness (QED) is 0.743. The van der Waals surface area contributed by atoms with Crippen molar-refractivity contribution in [3.05, 3.63) is 42.1 Å². The van der Waals surface area contributed by atoms with Crippen molar-refractivity contribution in [1.29, 1.82) is 0 Å². The second kappa shape index (κ2) is 8.32. The third-order valence-electron chi connectivity index (χ3n) is 5.77. The van der Waals surface area contributed by atoms with E-state index in [-0.39, 0.29) is 28.6 Å². The van der Waals surface area contributed by atoms with Crippen LogP contribution in [-0.4, -0.2) is 49.3 Å². The minimum absolute atomic E-state index is 0.00234. The van der Waals surface area contributed by atoms with Crippen molar-refractivity contribution in [2.75, 3.05) is 25.6 Å². The molecule has 1 aliphatic heterocycles. The molecule has 2 heterocycles. The van der Waals surface area contributed by atoms with Crippen LogP contribution in [0, 0.1) is 18.8 Å². The van der Waals surface area contributed by atoms with Gasteiger partial charge in [0.1, 0.15) is 11.5 Å². The molecule has 2 fully saturated rings. The molecule has 29 heavy (non-hydrogen) atoms. The summed E-state index contributed by atoms with van der Waals surface area (Å²) in [7, 11) is -3.01. The zero-order chi connectivity index (χ0) is 20.4. The molecule has 2 unspecified atom stereocenters. The molecule has 0 bridgehead atoms. The van der Waals surface area contributed by atoms with Gasteiger partial charge in [0.2, 0.25) is 0 Å². The molecule has 1 saturated carbocycles. The highest BCUT2D eigenvalue weighted by molar-refractivity contribution is 7.92. The first kappa shape index (κ1) is 20.2. The maximum atomic E-state index is 12.4. The molecule has 7 heteroatoms. The third kappa shape index (κ3) is 4.90. The predicted octanol–water partition coefficient (Wildman–Crippen LogP) is 3.37. The summed E-state index contributed by atoms with van der Waals surface area (Å²) in [6.45, 7) is 3.54. The van der Waals surface area contributed by atoms with Gasteiger partial charge in [0.15, 0.2) is 9.84 Å². The van der Waals surface area contributed by atoms with E-state index < -0.39 is 9.84 Å². The second-order valence-electron chi connectivity index (χ2n) is 8.11. The molecule has 1 aromatic heterocycles. The van der Waals surface area contributed by atoms with Gasteiger partial charge in [-0.25, -0.2) is 8.42 Å². The van der Waals surface area contributed by atoms with Gasteiger partial charge < -0.3 is 14.6 Å². The van der Waals surface area contributed by atoms with Gasteiger partial charge in [-0.05, 0) is 62.1 Å². The minimum atomic E-state index is -3.01. The zero-order valence-electron chi connectivity index (χ0n) is 16.6. The average Bonchev–Trinajstić information content (AvgIpc) is 3.54. The highest BCUT2D eigenvalue weighted by atomic mass is 32.2. The predicted molar refractivity (Wildman–Crippen MR) is 111 cm³/mol. The molecule has 2 aliphatic rings. The number of aryl methyl sites for hydroxylation is 1. The number of ether oxygens (including phenoxy) is 2. The summed E-state index contributed by atoms with van der Waals surface area (Å²) in [4.78, 5) is 4.30. The van der Waals surface area contributed by atoms with Crippen LogP contribution >= 0.6 is 0 Å². The molecule has 6 nitrogen and oxygen atoms in total. The van der Waals surface area contributed by atoms with Crippen molar-refractivity contribution >= 4 is 9.84 Å². The molecule has 1 aliphatic carbocycles. The third-order valence-corrected chi connectivity index (χ3v) is 8.15. The van der Waals surface area contributed by atoms with Crippen molar-refractivity contribution < 1.29 is 23.0 Å². The molecule has 2 atom stereocenters. The molecule has 156 valence electrons. The lowest BCUT2D eigenvalue weighted by atomic mass is 9.90. The largest absolute Gasteiger partial charge is 0.506 e. The van der Waals surface area contributed by atoms with Crippen LogP contribution < -0.4 is 4.74 Å². The van der Waals surface area contributed by atoms with Crippen LogP contribution in [0.3, 0.4) is 0 Å². The number of benzene rings is 1. The SMILES string of the molecule is Cc1cc(O)cnc1-c1ccc(OCC2CCOCC2CS(=O)(=O)C2CC2)cc1. The Labute approximate surface area is 171 Å². The molecular weight excluding hydrogens is 390 g/mol. The summed E-state index contributed by atoms with van der Waals surface area (Å²) in [5, 5.41) is 9.39. The number of rotatable bonds is 7. The fourth-order valence-electron chi connectivity index (χ4n) is 3.88. The lowest BCUT2D eigenvalue weighted by molar-refractivity contribution is 0.00941. The molecule has 1 aromatic carbocycles. The fraction of sp³-hybridized carbons (Fsp3) is 0.500. The van der Waals surface area contributed by atoms with E-state index in [0.29, 0.717) is 19.8 Å². The lowest BCUT2D eigenvalue weighted by Crippen LogP contribution is -2.36. The van der Waals surface area contributed by atoms with E-state index in [2.05, 4.69) is 4.98 Å². The molecule has 1 N–H and O–H groups in total. The lowest BCUT2D eigenvalue weighted by Gasteiger charge is -2.31. The highest BCUT2D eigenvalue weighted by Gasteiger charge is 2.39. The molecule has 4 rings (SSSR count). The van der Waals surface area contributed by atoms with Crippen LogP contribution in [0.5, 0.6) is 11.5 Å². The van der Waals surface area contributed by atoms with E-state index in [1.54, 1.807) is 6.07 Å². The Morgan fingerprint density at radius 2 is 1.93 bits per heavy atom. The Morgan fingerprint density at radius 3 is 2.62 bits per heavy atom. The monoisotopic (exact) mass is 417 g/mol. The molecule has 2 aromatic rings. The number of aromatic hydroxyl groups is 1. The molecule has 1 saturated heterocycles. The van der Waals surface area contributed by atoms with Gasteiger partial charge in [0.25, 0.3) is 0 Å². The van der Waals surface area contributed by atoms with E-state index in [0.717, 1.165) is 41.8 Å². The Balaban J connectivity index is 1.38. The smallest absolute Gasteiger partial charge is 0.153 e. The van der Waals surface area contributed by atoms with Crippen LogP contribution in [0.4, 0.5) is 0 Å². The summed E-state index contributed by atoms with van der Waals surface area (Å²) < 4.78 is 36.3. The second-order valence-corrected chi connectivity index (χ2v) is 10.4. The zero-order valence-corrected chi connectivity index (χ0v) is 17.4. The topological polar surface area (TPSA) is 85.7 Å². The fourth-order valence-corrected chi connectivity index (χ4v) is 5.97. The van der Waals surface area contributed by atoms with Crippen LogP contribution in [0.15, 0.2) is 36.5 Å². The van der Waals surface area contributed by atoms with Gasteiger partial charge in [-0.3, -0.25) is 4.98 Å². The van der Waals surface area contributed by atoms with Crippen LogP contribution in [-0.2, 0) is 14.6 Å². The highest BCUT2D eigenvalue weighted by Crippen LogP contribution is 2.33.